The summed E-state index contributed by atoms with van der Waals surface area (Å²) in [6.45, 7) is 0. The number of hydrazone groups is 2. The van der Waals surface area contributed by atoms with Crippen LogP contribution in [0, 0.1) is 0 Å². The fourth-order valence-corrected chi connectivity index (χ4v) is 2.78. The second-order valence-corrected chi connectivity index (χ2v) is 6.31. The van der Waals surface area contributed by atoms with E-state index in [9.17, 15) is 0 Å². The first-order chi connectivity index (χ1) is 14.9. The van der Waals surface area contributed by atoms with Crippen molar-refractivity contribution in [1.29, 1.82) is 0 Å². The summed E-state index contributed by atoms with van der Waals surface area (Å²) in [7, 11) is 0. The monoisotopic (exact) mass is 392 g/mol. The lowest BCUT2D eigenvalue weighted by atomic mass is 10.00. The summed E-state index contributed by atoms with van der Waals surface area (Å²) in [4.78, 5) is 8.57. The molecule has 146 valence electrons. The molecule has 0 aliphatic heterocycles. The number of hydrogen-bond acceptors (Lipinski definition) is 6. The van der Waals surface area contributed by atoms with Crippen LogP contribution in [-0.2, 0) is 0 Å². The molecule has 2 aromatic heterocycles. The molecule has 6 nitrogen and oxygen atoms in total. The van der Waals surface area contributed by atoms with Crippen LogP contribution >= 0.6 is 0 Å². The van der Waals surface area contributed by atoms with Gasteiger partial charge in [0.25, 0.3) is 0 Å². The summed E-state index contributed by atoms with van der Waals surface area (Å²) in [5, 5.41) is 9.33. The molecule has 0 atom stereocenters. The Balaban J connectivity index is 1.78. The molecular formula is C24H20N6. The van der Waals surface area contributed by atoms with Crippen molar-refractivity contribution in [1.82, 2.24) is 9.97 Å². The zero-order valence-corrected chi connectivity index (χ0v) is 16.2. The van der Waals surface area contributed by atoms with Gasteiger partial charge in [-0.2, -0.15) is 10.2 Å². The fourth-order valence-electron chi connectivity index (χ4n) is 2.78. The molecule has 4 aromatic rings. The Bertz CT molecular complexity index is 1020. The lowest BCUT2D eigenvalue weighted by Crippen LogP contribution is -2.20. The van der Waals surface area contributed by atoms with Crippen LogP contribution in [0.15, 0.2) is 120 Å². The molecule has 0 aliphatic carbocycles. The molecule has 4 rings (SSSR count). The number of nitrogens with one attached hydrogen (secondary N) is 2. The third-order valence-corrected chi connectivity index (χ3v) is 4.21. The third-order valence-electron chi connectivity index (χ3n) is 4.21. The Morgan fingerprint density at radius 1 is 0.500 bits per heavy atom. The first kappa shape index (κ1) is 19.0. The molecule has 0 saturated carbocycles. The van der Waals surface area contributed by atoms with Gasteiger partial charge in [0.2, 0.25) is 0 Å². The topological polar surface area (TPSA) is 74.6 Å². The van der Waals surface area contributed by atoms with Gasteiger partial charge in [-0.25, -0.2) is 9.97 Å². The first-order valence-electron chi connectivity index (χ1n) is 9.51. The van der Waals surface area contributed by atoms with E-state index >= 15 is 0 Å². The molecule has 0 spiro atoms. The number of rotatable bonds is 7. The van der Waals surface area contributed by atoms with E-state index in [1.165, 1.54) is 0 Å². The number of benzene rings is 2. The van der Waals surface area contributed by atoms with E-state index in [1.807, 2.05) is 97.1 Å². The highest BCUT2D eigenvalue weighted by atomic mass is 15.3. The quantitative estimate of drug-likeness (QED) is 0.350. The number of aromatic nitrogens is 2. The molecule has 0 bridgehead atoms. The highest BCUT2D eigenvalue weighted by molar-refractivity contribution is 6.53. The van der Waals surface area contributed by atoms with Crippen molar-refractivity contribution in [3.05, 3.63) is 121 Å². The van der Waals surface area contributed by atoms with Crippen molar-refractivity contribution in [2.45, 2.75) is 0 Å². The van der Waals surface area contributed by atoms with Gasteiger partial charge in [0.1, 0.15) is 23.1 Å². The van der Waals surface area contributed by atoms with Crippen LogP contribution < -0.4 is 10.9 Å². The number of hydrogen-bond donors (Lipinski definition) is 2. The predicted molar refractivity (Wildman–Crippen MR) is 122 cm³/mol. The molecule has 2 heterocycles. The number of anilines is 2. The normalized spacial score (nSPS) is 11.7. The van der Waals surface area contributed by atoms with E-state index in [2.05, 4.69) is 31.0 Å². The third kappa shape index (κ3) is 4.94. The molecule has 6 heteroatoms. The molecule has 0 saturated heterocycles. The van der Waals surface area contributed by atoms with E-state index in [1.54, 1.807) is 12.4 Å². The van der Waals surface area contributed by atoms with Gasteiger partial charge in [-0.3, -0.25) is 10.9 Å². The predicted octanol–water partition coefficient (Wildman–Crippen LogP) is 4.81. The molecule has 0 amide bonds. The van der Waals surface area contributed by atoms with Crippen LogP contribution in [0.5, 0.6) is 0 Å². The van der Waals surface area contributed by atoms with Gasteiger partial charge in [0, 0.05) is 23.5 Å². The molecule has 0 unspecified atom stereocenters. The molecule has 2 aromatic carbocycles. The van der Waals surface area contributed by atoms with E-state index in [0.717, 1.165) is 11.1 Å². The van der Waals surface area contributed by atoms with Gasteiger partial charge in [0.15, 0.2) is 0 Å². The van der Waals surface area contributed by atoms with Gasteiger partial charge in [-0.05, 0) is 24.3 Å². The molecule has 0 aliphatic rings. The van der Waals surface area contributed by atoms with Crippen molar-refractivity contribution in [3.63, 3.8) is 0 Å². The maximum atomic E-state index is 4.67. The van der Waals surface area contributed by atoms with E-state index < -0.39 is 0 Å². The van der Waals surface area contributed by atoms with E-state index in [4.69, 9.17) is 0 Å². The minimum atomic E-state index is 0.649. The van der Waals surface area contributed by atoms with Crippen LogP contribution in [0.25, 0.3) is 0 Å². The molecule has 0 radical (unpaired) electrons. The lowest BCUT2D eigenvalue weighted by molar-refractivity contribution is 1.21. The van der Waals surface area contributed by atoms with Crippen LogP contribution in [0.4, 0.5) is 11.6 Å². The summed E-state index contributed by atoms with van der Waals surface area (Å²) in [5.74, 6) is 1.30. The average Bonchev–Trinajstić information content (AvgIpc) is 2.83. The average molecular weight is 392 g/mol. The summed E-state index contributed by atoms with van der Waals surface area (Å²) in [6, 6.07) is 31.1. The maximum Gasteiger partial charge on any atom is 0.146 e. The van der Waals surface area contributed by atoms with Crippen molar-refractivity contribution in [2.24, 2.45) is 10.2 Å². The Morgan fingerprint density at radius 3 is 1.27 bits per heavy atom. The SMILES string of the molecule is c1ccc(C(=N\Nc2ccccn2)/C(=N/Nc2ccccn2)c2ccccc2)cc1. The van der Waals surface area contributed by atoms with E-state index in [-0.39, 0.29) is 0 Å². The van der Waals surface area contributed by atoms with Crippen molar-refractivity contribution >= 4 is 23.1 Å². The maximum absolute atomic E-state index is 4.67. The highest BCUT2D eigenvalue weighted by Crippen LogP contribution is 2.12. The Kier molecular flexibility index (Phi) is 6.18. The van der Waals surface area contributed by atoms with Crippen LogP contribution in [0.1, 0.15) is 11.1 Å². The Morgan fingerprint density at radius 2 is 0.900 bits per heavy atom. The molecular weight excluding hydrogens is 372 g/mol. The smallest absolute Gasteiger partial charge is 0.146 e. The Labute approximate surface area is 175 Å². The van der Waals surface area contributed by atoms with Crippen LogP contribution in [-0.4, -0.2) is 21.4 Å². The largest absolute Gasteiger partial charge is 0.261 e. The highest BCUT2D eigenvalue weighted by Gasteiger charge is 2.15. The molecule has 2 N–H and O–H groups in total. The summed E-state index contributed by atoms with van der Waals surface area (Å²) in [6.07, 6.45) is 3.43. The van der Waals surface area contributed by atoms with Gasteiger partial charge in [-0.1, -0.05) is 72.8 Å². The van der Waals surface area contributed by atoms with Crippen molar-refractivity contribution in [2.75, 3.05) is 10.9 Å². The number of nitrogens with zero attached hydrogens (tertiary/aromatic N) is 4. The minimum absolute atomic E-state index is 0.649. The van der Waals surface area contributed by atoms with Crippen molar-refractivity contribution < 1.29 is 0 Å². The standard InChI is InChI=1S/C24H20N6/c1-3-11-19(12-4-1)23(29-27-21-15-7-9-17-25-21)24(20-13-5-2-6-14-20)30-28-22-16-8-10-18-26-22/h1-18H,(H,25,27)(H,26,28)/b29-23+,30-24+. The van der Waals surface area contributed by atoms with E-state index in [0.29, 0.717) is 23.1 Å². The number of pyridine rings is 2. The second-order valence-electron chi connectivity index (χ2n) is 6.31. The zero-order chi connectivity index (χ0) is 20.4. The van der Waals surface area contributed by atoms with Crippen LogP contribution in [0.3, 0.4) is 0 Å². The summed E-state index contributed by atoms with van der Waals surface area (Å²) in [5.41, 5.74) is 9.29. The fraction of sp³-hybridized carbons (Fsp3) is 0. The van der Waals surface area contributed by atoms with Gasteiger partial charge in [0.05, 0.1) is 0 Å². The first-order valence-corrected chi connectivity index (χ1v) is 9.51. The zero-order valence-electron chi connectivity index (χ0n) is 16.2. The summed E-state index contributed by atoms with van der Waals surface area (Å²) < 4.78 is 0. The van der Waals surface area contributed by atoms with Crippen molar-refractivity contribution in [3.8, 4) is 0 Å². The van der Waals surface area contributed by atoms with Gasteiger partial charge >= 0.3 is 0 Å². The Hall–Kier alpha value is -4.32. The lowest BCUT2D eigenvalue weighted by Gasteiger charge is -2.12. The molecule has 30 heavy (non-hydrogen) atoms. The minimum Gasteiger partial charge on any atom is -0.261 e. The summed E-state index contributed by atoms with van der Waals surface area (Å²) >= 11 is 0. The second kappa shape index (κ2) is 9.75. The van der Waals surface area contributed by atoms with Crippen LogP contribution in [0.2, 0.25) is 0 Å². The van der Waals surface area contributed by atoms with Gasteiger partial charge < -0.3 is 0 Å². The molecule has 0 fully saturated rings. The van der Waals surface area contributed by atoms with Gasteiger partial charge in [-0.15, -0.1) is 0 Å².